The van der Waals surface area contributed by atoms with Crippen LogP contribution in [0.1, 0.15) is 23.7 Å². The van der Waals surface area contributed by atoms with Crippen LogP contribution in [0.2, 0.25) is 0 Å². The van der Waals surface area contributed by atoms with E-state index in [1.165, 1.54) is 12.1 Å². The maximum atomic E-state index is 13.3. The highest BCUT2D eigenvalue weighted by Gasteiger charge is 2.21. The SMILES string of the molecule is N#CCC(O)C(O)c1cc(CO)ccc1F. The van der Waals surface area contributed by atoms with Crippen molar-refractivity contribution in [1.82, 2.24) is 0 Å². The molecule has 3 N–H and O–H groups in total. The first-order valence-corrected chi connectivity index (χ1v) is 4.72. The zero-order valence-corrected chi connectivity index (χ0v) is 8.47. The predicted molar refractivity (Wildman–Crippen MR) is 53.5 cm³/mol. The minimum atomic E-state index is -1.47. The van der Waals surface area contributed by atoms with E-state index in [2.05, 4.69) is 0 Å². The molecule has 1 aromatic carbocycles. The molecule has 0 amide bonds. The van der Waals surface area contributed by atoms with E-state index < -0.39 is 18.0 Å². The van der Waals surface area contributed by atoms with Crippen molar-refractivity contribution in [3.05, 3.63) is 35.1 Å². The van der Waals surface area contributed by atoms with Crippen LogP contribution in [-0.4, -0.2) is 21.4 Å². The van der Waals surface area contributed by atoms with Gasteiger partial charge in [0, 0.05) is 5.56 Å². The summed E-state index contributed by atoms with van der Waals surface area (Å²) >= 11 is 0. The third-order valence-electron chi connectivity index (χ3n) is 2.23. The van der Waals surface area contributed by atoms with Gasteiger partial charge >= 0.3 is 0 Å². The third-order valence-corrected chi connectivity index (χ3v) is 2.23. The molecule has 0 heterocycles. The fourth-order valence-electron chi connectivity index (χ4n) is 1.33. The van der Waals surface area contributed by atoms with E-state index in [0.29, 0.717) is 5.56 Å². The van der Waals surface area contributed by atoms with Crippen molar-refractivity contribution in [1.29, 1.82) is 5.26 Å². The molecule has 1 aromatic rings. The molecule has 0 aliphatic carbocycles. The predicted octanol–water partition coefficient (Wildman–Crippen LogP) is 0.626. The molecular formula is C11H12FNO3. The Kier molecular flexibility index (Phi) is 4.38. The maximum Gasteiger partial charge on any atom is 0.129 e. The van der Waals surface area contributed by atoms with Crippen LogP contribution in [0.15, 0.2) is 18.2 Å². The lowest BCUT2D eigenvalue weighted by molar-refractivity contribution is 0.0194. The third kappa shape index (κ3) is 2.76. The van der Waals surface area contributed by atoms with Crippen molar-refractivity contribution in [2.45, 2.75) is 25.2 Å². The summed E-state index contributed by atoms with van der Waals surface area (Å²) in [6.07, 6.45) is -3.09. The van der Waals surface area contributed by atoms with Gasteiger partial charge < -0.3 is 15.3 Å². The first-order valence-electron chi connectivity index (χ1n) is 4.72. The maximum absolute atomic E-state index is 13.3. The number of nitrogens with zero attached hydrogens (tertiary/aromatic N) is 1. The topological polar surface area (TPSA) is 84.5 Å². The fourth-order valence-corrected chi connectivity index (χ4v) is 1.33. The van der Waals surface area contributed by atoms with Crippen molar-refractivity contribution in [3.8, 4) is 6.07 Å². The molecule has 0 aliphatic rings. The Hall–Kier alpha value is -1.48. The summed E-state index contributed by atoms with van der Waals surface area (Å²) in [4.78, 5) is 0. The number of aliphatic hydroxyl groups is 3. The summed E-state index contributed by atoms with van der Waals surface area (Å²) in [6, 6.07) is 5.43. The average molecular weight is 225 g/mol. The molecule has 2 atom stereocenters. The smallest absolute Gasteiger partial charge is 0.129 e. The lowest BCUT2D eigenvalue weighted by Gasteiger charge is -2.16. The monoisotopic (exact) mass is 225 g/mol. The van der Waals surface area contributed by atoms with E-state index >= 15 is 0 Å². The molecule has 5 heteroatoms. The van der Waals surface area contributed by atoms with Crippen LogP contribution in [0, 0.1) is 17.1 Å². The molecule has 0 fully saturated rings. The van der Waals surface area contributed by atoms with E-state index in [0.717, 1.165) is 6.07 Å². The van der Waals surface area contributed by atoms with Gasteiger partial charge in [0.25, 0.3) is 0 Å². The van der Waals surface area contributed by atoms with Gasteiger partial charge in [0.05, 0.1) is 25.2 Å². The summed E-state index contributed by atoms with van der Waals surface area (Å²) in [7, 11) is 0. The number of nitriles is 1. The Morgan fingerprint density at radius 2 is 2.06 bits per heavy atom. The molecule has 86 valence electrons. The molecule has 0 aliphatic heterocycles. The minimum Gasteiger partial charge on any atom is -0.392 e. The number of rotatable bonds is 4. The molecule has 2 unspecified atom stereocenters. The van der Waals surface area contributed by atoms with E-state index in [9.17, 15) is 14.6 Å². The zero-order valence-electron chi connectivity index (χ0n) is 8.47. The van der Waals surface area contributed by atoms with Gasteiger partial charge in [-0.25, -0.2) is 4.39 Å². The zero-order chi connectivity index (χ0) is 12.1. The Labute approximate surface area is 92.2 Å². The van der Waals surface area contributed by atoms with Crippen LogP contribution >= 0.6 is 0 Å². The highest BCUT2D eigenvalue weighted by Crippen LogP contribution is 2.23. The Balaban J connectivity index is 2.98. The lowest BCUT2D eigenvalue weighted by atomic mass is 10.00. The fraction of sp³-hybridized carbons (Fsp3) is 0.364. The van der Waals surface area contributed by atoms with Gasteiger partial charge in [0.15, 0.2) is 0 Å². The summed E-state index contributed by atoms with van der Waals surface area (Å²) < 4.78 is 13.3. The van der Waals surface area contributed by atoms with Gasteiger partial charge in [-0.3, -0.25) is 0 Å². The Morgan fingerprint density at radius 3 is 2.62 bits per heavy atom. The van der Waals surface area contributed by atoms with Crippen molar-refractivity contribution < 1.29 is 19.7 Å². The summed E-state index contributed by atoms with van der Waals surface area (Å²) in [5.41, 5.74) is 0.314. The van der Waals surface area contributed by atoms with Gasteiger partial charge in [0.2, 0.25) is 0 Å². The van der Waals surface area contributed by atoms with Gasteiger partial charge in [-0.1, -0.05) is 6.07 Å². The van der Waals surface area contributed by atoms with Crippen LogP contribution in [0.5, 0.6) is 0 Å². The van der Waals surface area contributed by atoms with E-state index in [1.807, 2.05) is 0 Å². The average Bonchev–Trinajstić information content (AvgIpc) is 2.29. The number of aliphatic hydroxyl groups excluding tert-OH is 3. The van der Waals surface area contributed by atoms with E-state index in [-0.39, 0.29) is 18.6 Å². The van der Waals surface area contributed by atoms with Gasteiger partial charge in [0.1, 0.15) is 11.9 Å². The number of hydrogen-bond donors (Lipinski definition) is 3. The van der Waals surface area contributed by atoms with Crippen LogP contribution in [-0.2, 0) is 6.61 Å². The van der Waals surface area contributed by atoms with Crippen LogP contribution in [0.25, 0.3) is 0 Å². The second kappa shape index (κ2) is 5.56. The molecule has 1 rings (SSSR count). The largest absolute Gasteiger partial charge is 0.392 e. The highest BCUT2D eigenvalue weighted by molar-refractivity contribution is 5.27. The minimum absolute atomic E-state index is 0.116. The molecule has 4 nitrogen and oxygen atoms in total. The molecule has 0 saturated carbocycles. The lowest BCUT2D eigenvalue weighted by Crippen LogP contribution is -2.18. The normalized spacial score (nSPS) is 14.2. The first-order chi connectivity index (χ1) is 7.60. The second-order valence-electron chi connectivity index (χ2n) is 3.39. The number of halogens is 1. The second-order valence-corrected chi connectivity index (χ2v) is 3.39. The summed E-state index contributed by atoms with van der Waals surface area (Å²) in [5.74, 6) is -0.679. The molecule has 0 saturated heterocycles. The van der Waals surface area contributed by atoms with Crippen LogP contribution in [0.4, 0.5) is 4.39 Å². The van der Waals surface area contributed by atoms with Crippen LogP contribution < -0.4 is 0 Å². The molecule has 0 radical (unpaired) electrons. The Morgan fingerprint density at radius 1 is 1.38 bits per heavy atom. The number of hydrogen-bond acceptors (Lipinski definition) is 4. The van der Waals surface area contributed by atoms with E-state index in [4.69, 9.17) is 10.4 Å². The van der Waals surface area contributed by atoms with Crippen molar-refractivity contribution >= 4 is 0 Å². The molecule has 0 aromatic heterocycles. The first kappa shape index (κ1) is 12.6. The highest BCUT2D eigenvalue weighted by atomic mass is 19.1. The molecule has 0 spiro atoms. The Bertz CT molecular complexity index is 403. The van der Waals surface area contributed by atoms with Gasteiger partial charge in [-0.15, -0.1) is 0 Å². The number of benzene rings is 1. The molecule has 0 bridgehead atoms. The summed E-state index contributed by atoms with van der Waals surface area (Å²) in [6.45, 7) is -0.283. The molecular weight excluding hydrogens is 213 g/mol. The van der Waals surface area contributed by atoms with Crippen molar-refractivity contribution in [2.75, 3.05) is 0 Å². The molecule has 16 heavy (non-hydrogen) atoms. The summed E-state index contributed by atoms with van der Waals surface area (Å²) in [5, 5.41) is 36.2. The van der Waals surface area contributed by atoms with Crippen molar-refractivity contribution in [2.24, 2.45) is 0 Å². The van der Waals surface area contributed by atoms with Gasteiger partial charge in [-0.05, 0) is 17.7 Å². The van der Waals surface area contributed by atoms with Crippen LogP contribution in [0.3, 0.4) is 0 Å². The van der Waals surface area contributed by atoms with Gasteiger partial charge in [-0.2, -0.15) is 5.26 Å². The standard InChI is InChI=1S/C11H12FNO3/c12-9-2-1-7(6-14)5-8(9)11(16)10(15)3-4-13/h1-2,5,10-11,14-16H,3,6H2. The van der Waals surface area contributed by atoms with E-state index in [1.54, 1.807) is 6.07 Å². The quantitative estimate of drug-likeness (QED) is 0.701. The van der Waals surface area contributed by atoms with Crippen molar-refractivity contribution in [3.63, 3.8) is 0 Å².